The van der Waals surface area contributed by atoms with E-state index in [1.165, 1.54) is 12.1 Å². The Kier molecular flexibility index (Phi) is 2.39. The van der Waals surface area contributed by atoms with Crippen LogP contribution in [0.3, 0.4) is 0 Å². The van der Waals surface area contributed by atoms with Crippen molar-refractivity contribution in [2.24, 2.45) is 0 Å². The number of anilines is 1. The molecule has 0 spiro atoms. The highest BCUT2D eigenvalue weighted by molar-refractivity contribution is 6.06. The van der Waals surface area contributed by atoms with Crippen LogP contribution in [0.1, 0.15) is 22.3 Å². The highest BCUT2D eigenvalue weighted by Crippen LogP contribution is 2.35. The number of rotatable bonds is 1. The standard InChI is InChI=1S/C16H12FN3O/c17-9-5-6-20-13(8-19-15(20)7-9)10-1-3-12(18)16-11(10)2-4-14(16)21/h1,3,5-8H,2,4,18H2. The number of hydrogen-bond donors (Lipinski definition) is 1. The summed E-state index contributed by atoms with van der Waals surface area (Å²) in [6.07, 6.45) is 4.51. The van der Waals surface area contributed by atoms with Crippen molar-refractivity contribution in [2.75, 3.05) is 5.73 Å². The maximum absolute atomic E-state index is 13.3. The average Bonchev–Trinajstić information content (AvgIpc) is 3.04. The van der Waals surface area contributed by atoms with Gasteiger partial charge in [-0.25, -0.2) is 9.37 Å². The molecular weight excluding hydrogens is 269 g/mol. The van der Waals surface area contributed by atoms with Crippen LogP contribution in [0.4, 0.5) is 10.1 Å². The average molecular weight is 281 g/mol. The van der Waals surface area contributed by atoms with Gasteiger partial charge in [-0.05, 0) is 24.1 Å². The maximum Gasteiger partial charge on any atom is 0.165 e. The van der Waals surface area contributed by atoms with Crippen molar-refractivity contribution >= 4 is 17.1 Å². The van der Waals surface area contributed by atoms with E-state index in [0.717, 1.165) is 16.8 Å². The lowest BCUT2D eigenvalue weighted by atomic mass is 9.99. The Morgan fingerprint density at radius 3 is 2.95 bits per heavy atom. The minimum atomic E-state index is -0.322. The molecule has 0 atom stereocenters. The van der Waals surface area contributed by atoms with Crippen molar-refractivity contribution in [3.05, 3.63) is 53.6 Å². The highest BCUT2D eigenvalue weighted by Gasteiger charge is 2.26. The monoisotopic (exact) mass is 281 g/mol. The van der Waals surface area contributed by atoms with Gasteiger partial charge in [-0.3, -0.25) is 9.20 Å². The van der Waals surface area contributed by atoms with E-state index in [9.17, 15) is 9.18 Å². The van der Waals surface area contributed by atoms with Crippen molar-refractivity contribution in [3.63, 3.8) is 0 Å². The molecule has 0 bridgehead atoms. The summed E-state index contributed by atoms with van der Waals surface area (Å²) in [5, 5.41) is 0. The summed E-state index contributed by atoms with van der Waals surface area (Å²) >= 11 is 0. The number of hydrogen-bond acceptors (Lipinski definition) is 3. The van der Waals surface area contributed by atoms with Gasteiger partial charge in [0.25, 0.3) is 0 Å². The number of imidazole rings is 1. The van der Waals surface area contributed by atoms with Crippen LogP contribution in [0.15, 0.2) is 36.7 Å². The highest BCUT2D eigenvalue weighted by atomic mass is 19.1. The molecule has 0 radical (unpaired) electrons. The van der Waals surface area contributed by atoms with Gasteiger partial charge in [0, 0.05) is 35.5 Å². The first-order valence-electron chi connectivity index (χ1n) is 6.72. The summed E-state index contributed by atoms with van der Waals surface area (Å²) in [6, 6.07) is 6.42. The lowest BCUT2D eigenvalue weighted by Crippen LogP contribution is -2.00. The second-order valence-corrected chi connectivity index (χ2v) is 5.20. The minimum Gasteiger partial charge on any atom is -0.398 e. The van der Waals surface area contributed by atoms with Crippen LogP contribution in [-0.4, -0.2) is 15.2 Å². The number of halogens is 1. The number of carbonyl (C=O) groups is 1. The van der Waals surface area contributed by atoms with Gasteiger partial charge in [-0.15, -0.1) is 0 Å². The van der Waals surface area contributed by atoms with Gasteiger partial charge < -0.3 is 5.73 Å². The predicted molar refractivity (Wildman–Crippen MR) is 77.6 cm³/mol. The summed E-state index contributed by atoms with van der Waals surface area (Å²) < 4.78 is 15.1. The molecule has 5 heteroatoms. The fourth-order valence-corrected chi connectivity index (χ4v) is 3.01. The fraction of sp³-hybridized carbons (Fsp3) is 0.125. The molecule has 0 amide bonds. The largest absolute Gasteiger partial charge is 0.398 e. The van der Waals surface area contributed by atoms with Gasteiger partial charge in [0.1, 0.15) is 11.5 Å². The number of aromatic nitrogens is 2. The molecule has 0 aliphatic heterocycles. The van der Waals surface area contributed by atoms with E-state index in [4.69, 9.17) is 5.73 Å². The van der Waals surface area contributed by atoms with E-state index in [-0.39, 0.29) is 11.6 Å². The normalized spacial score (nSPS) is 13.9. The van der Waals surface area contributed by atoms with Crippen LogP contribution in [0, 0.1) is 5.82 Å². The topological polar surface area (TPSA) is 60.4 Å². The number of nitrogen functional groups attached to an aromatic ring is 1. The Hall–Kier alpha value is -2.69. The molecule has 1 aromatic carbocycles. The van der Waals surface area contributed by atoms with E-state index < -0.39 is 0 Å². The van der Waals surface area contributed by atoms with E-state index >= 15 is 0 Å². The van der Waals surface area contributed by atoms with Crippen molar-refractivity contribution < 1.29 is 9.18 Å². The van der Waals surface area contributed by atoms with Crippen LogP contribution in [-0.2, 0) is 6.42 Å². The van der Waals surface area contributed by atoms with Crippen molar-refractivity contribution in [3.8, 4) is 11.3 Å². The Bertz CT molecular complexity index is 898. The molecule has 0 saturated carbocycles. The quantitative estimate of drug-likeness (QED) is 0.698. The zero-order valence-corrected chi connectivity index (χ0v) is 11.1. The number of Topliss-reactive ketones (excluding diaryl/α,β-unsaturated/α-hetero) is 1. The van der Waals surface area contributed by atoms with E-state index in [2.05, 4.69) is 4.98 Å². The molecule has 0 fully saturated rings. The molecule has 3 aromatic rings. The molecule has 21 heavy (non-hydrogen) atoms. The third kappa shape index (κ3) is 1.67. The van der Waals surface area contributed by atoms with Crippen molar-refractivity contribution in [2.45, 2.75) is 12.8 Å². The summed E-state index contributed by atoms with van der Waals surface area (Å²) in [4.78, 5) is 16.2. The molecule has 4 rings (SSSR count). The molecule has 0 unspecified atom stereocenters. The van der Waals surface area contributed by atoms with Gasteiger partial charge in [-0.1, -0.05) is 6.07 Å². The summed E-state index contributed by atoms with van der Waals surface area (Å²) in [5.74, 6) is -0.235. The third-order valence-corrected chi connectivity index (χ3v) is 3.98. The zero-order chi connectivity index (χ0) is 14.6. The van der Waals surface area contributed by atoms with Crippen LogP contribution < -0.4 is 5.73 Å². The zero-order valence-electron chi connectivity index (χ0n) is 11.1. The number of ketones is 1. The molecule has 2 heterocycles. The number of carbonyl (C=O) groups excluding carboxylic acids is 1. The van der Waals surface area contributed by atoms with Crippen LogP contribution >= 0.6 is 0 Å². The fourth-order valence-electron chi connectivity index (χ4n) is 3.01. The van der Waals surface area contributed by atoms with Crippen molar-refractivity contribution in [1.82, 2.24) is 9.38 Å². The first-order chi connectivity index (χ1) is 10.1. The Balaban J connectivity index is 2.00. The SMILES string of the molecule is Nc1ccc(-c2cnc3cc(F)ccn23)c2c1C(=O)CC2. The molecule has 1 aliphatic rings. The lowest BCUT2D eigenvalue weighted by Gasteiger charge is -2.09. The number of nitrogens with zero attached hydrogens (tertiary/aromatic N) is 2. The van der Waals surface area contributed by atoms with Gasteiger partial charge >= 0.3 is 0 Å². The first kappa shape index (κ1) is 12.1. The Morgan fingerprint density at radius 2 is 2.10 bits per heavy atom. The second kappa shape index (κ2) is 4.15. The summed E-state index contributed by atoms with van der Waals surface area (Å²) in [5.41, 5.74) is 10.4. The van der Waals surface area contributed by atoms with E-state index in [1.807, 2.05) is 10.5 Å². The summed E-state index contributed by atoms with van der Waals surface area (Å²) in [6.45, 7) is 0. The molecule has 2 N–H and O–H groups in total. The molecular formula is C16H12FN3O. The van der Waals surface area contributed by atoms with E-state index in [1.54, 1.807) is 18.5 Å². The number of fused-ring (bicyclic) bond motifs is 2. The van der Waals surface area contributed by atoms with Gasteiger partial charge in [0.05, 0.1) is 11.9 Å². The van der Waals surface area contributed by atoms with Gasteiger partial charge in [0.15, 0.2) is 5.78 Å². The number of pyridine rings is 1. The smallest absolute Gasteiger partial charge is 0.165 e. The summed E-state index contributed by atoms with van der Waals surface area (Å²) in [7, 11) is 0. The Labute approximate surface area is 120 Å². The van der Waals surface area contributed by atoms with Gasteiger partial charge in [0.2, 0.25) is 0 Å². The molecule has 0 saturated heterocycles. The molecule has 1 aliphatic carbocycles. The van der Waals surface area contributed by atoms with Crippen LogP contribution in [0.5, 0.6) is 0 Å². The first-order valence-corrected chi connectivity index (χ1v) is 6.72. The molecule has 4 nitrogen and oxygen atoms in total. The molecule has 2 aromatic heterocycles. The Morgan fingerprint density at radius 1 is 1.24 bits per heavy atom. The number of benzene rings is 1. The molecule has 104 valence electrons. The van der Waals surface area contributed by atoms with Gasteiger partial charge in [-0.2, -0.15) is 0 Å². The van der Waals surface area contributed by atoms with Crippen LogP contribution in [0.25, 0.3) is 16.9 Å². The van der Waals surface area contributed by atoms with Crippen molar-refractivity contribution in [1.29, 1.82) is 0 Å². The lowest BCUT2D eigenvalue weighted by molar-refractivity contribution is 0.0995. The van der Waals surface area contributed by atoms with E-state index in [0.29, 0.717) is 29.7 Å². The predicted octanol–water partition coefficient (Wildman–Crippen LogP) is 2.85. The third-order valence-electron chi connectivity index (χ3n) is 3.98. The minimum absolute atomic E-state index is 0.0872. The second-order valence-electron chi connectivity index (χ2n) is 5.20. The van der Waals surface area contributed by atoms with Crippen LogP contribution in [0.2, 0.25) is 0 Å². The number of nitrogens with two attached hydrogens (primary N) is 1. The maximum atomic E-state index is 13.3.